The zero-order valence-corrected chi connectivity index (χ0v) is 19.5. The molecule has 10 heteroatoms. The number of benzene rings is 2. The number of alkyl halides is 3. The van der Waals surface area contributed by atoms with Gasteiger partial charge in [-0.15, -0.1) is 0 Å². The number of carbonyl (C=O) groups excluding carboxylic acids is 1. The van der Waals surface area contributed by atoms with Crippen LogP contribution in [0.25, 0.3) is 27.8 Å². The van der Waals surface area contributed by atoms with E-state index < -0.39 is 28.6 Å². The van der Waals surface area contributed by atoms with Gasteiger partial charge < -0.3 is 10.3 Å². The SMILES string of the molecule is Cn1cc(-c2ccc(CC(=O)c3cc(C(F)(F)F)cn(-c4ccccc4)c3=O)cc2)c2c(N)ncnc21. The summed E-state index contributed by atoms with van der Waals surface area (Å²) in [6, 6.07) is 15.4. The summed E-state index contributed by atoms with van der Waals surface area (Å²) in [6.45, 7) is 0. The van der Waals surface area contributed by atoms with E-state index in [-0.39, 0.29) is 12.1 Å². The smallest absolute Gasteiger partial charge is 0.383 e. The fraction of sp³-hybridized carbons (Fsp3) is 0.111. The lowest BCUT2D eigenvalue weighted by Gasteiger charge is -2.13. The molecule has 3 aromatic heterocycles. The number of anilines is 1. The Morgan fingerprint density at radius 3 is 2.38 bits per heavy atom. The van der Waals surface area contributed by atoms with Gasteiger partial charge in [-0.1, -0.05) is 42.5 Å². The van der Waals surface area contributed by atoms with Gasteiger partial charge in [0.05, 0.1) is 16.5 Å². The monoisotopic (exact) mass is 503 g/mol. The van der Waals surface area contributed by atoms with Crippen LogP contribution in [0.1, 0.15) is 21.5 Å². The molecule has 0 fully saturated rings. The Kier molecular flexibility index (Phi) is 5.87. The number of hydrogen-bond donors (Lipinski definition) is 1. The number of carbonyl (C=O) groups is 1. The first-order valence-corrected chi connectivity index (χ1v) is 11.2. The number of halogens is 3. The van der Waals surface area contributed by atoms with E-state index in [1.165, 1.54) is 18.5 Å². The molecule has 5 rings (SSSR count). The average molecular weight is 503 g/mol. The number of aryl methyl sites for hydroxylation is 1. The van der Waals surface area contributed by atoms with Crippen molar-refractivity contribution in [3.8, 4) is 16.8 Å². The highest BCUT2D eigenvalue weighted by molar-refractivity contribution is 6.01. The van der Waals surface area contributed by atoms with Crippen LogP contribution in [0.15, 0.2) is 84.2 Å². The lowest BCUT2D eigenvalue weighted by molar-refractivity contribution is -0.138. The summed E-state index contributed by atoms with van der Waals surface area (Å²) >= 11 is 0. The van der Waals surface area contributed by atoms with Crippen LogP contribution in [0, 0.1) is 0 Å². The van der Waals surface area contributed by atoms with Gasteiger partial charge in [0.15, 0.2) is 5.78 Å². The molecular formula is C27H20F3N5O2. The van der Waals surface area contributed by atoms with Crippen molar-refractivity contribution in [2.24, 2.45) is 7.05 Å². The quantitative estimate of drug-likeness (QED) is 0.347. The zero-order chi connectivity index (χ0) is 26.3. The first-order valence-electron chi connectivity index (χ1n) is 11.2. The second kappa shape index (κ2) is 9.05. The van der Waals surface area contributed by atoms with Crippen LogP contribution in [-0.2, 0) is 19.6 Å². The Balaban J connectivity index is 1.49. The molecule has 3 heterocycles. The van der Waals surface area contributed by atoms with E-state index in [9.17, 15) is 22.8 Å². The van der Waals surface area contributed by atoms with Crippen LogP contribution in [0.4, 0.5) is 19.0 Å². The van der Waals surface area contributed by atoms with Crippen molar-refractivity contribution < 1.29 is 18.0 Å². The topological polar surface area (TPSA) is 95.8 Å². The lowest BCUT2D eigenvalue weighted by atomic mass is 9.99. The van der Waals surface area contributed by atoms with Crippen LogP contribution < -0.4 is 11.3 Å². The number of fused-ring (bicyclic) bond motifs is 1. The number of aromatic nitrogens is 4. The maximum atomic E-state index is 13.6. The highest BCUT2D eigenvalue weighted by atomic mass is 19.4. The van der Waals surface area contributed by atoms with Crippen LogP contribution in [0.2, 0.25) is 0 Å². The second-order valence-electron chi connectivity index (χ2n) is 8.56. The van der Waals surface area contributed by atoms with Crippen molar-refractivity contribution in [2.75, 3.05) is 5.73 Å². The fourth-order valence-corrected chi connectivity index (χ4v) is 4.25. The number of nitrogens with two attached hydrogens (primary N) is 1. The zero-order valence-electron chi connectivity index (χ0n) is 19.5. The number of hydrogen-bond acceptors (Lipinski definition) is 5. The lowest BCUT2D eigenvalue weighted by Crippen LogP contribution is -2.28. The van der Waals surface area contributed by atoms with Crippen molar-refractivity contribution in [3.05, 3.63) is 106 Å². The van der Waals surface area contributed by atoms with E-state index in [4.69, 9.17) is 5.73 Å². The summed E-state index contributed by atoms with van der Waals surface area (Å²) in [5, 5.41) is 0.694. The highest BCUT2D eigenvalue weighted by Crippen LogP contribution is 2.32. The standard InChI is InChI=1S/C27H20F3N5O2/c1-34-14-21(23-24(31)32-15-33-25(23)34)17-9-7-16(8-10-17)11-22(36)20-12-18(27(28,29)30)13-35(26(20)37)19-5-3-2-4-6-19/h2-10,12-15H,11H2,1H3,(H2,31,32,33). The Hall–Kier alpha value is -4.73. The van der Waals surface area contributed by atoms with E-state index in [0.717, 1.165) is 15.7 Å². The Morgan fingerprint density at radius 1 is 1.00 bits per heavy atom. The number of Topliss-reactive ketones (excluding diaryl/α,β-unsaturated/α-hetero) is 1. The number of pyridine rings is 1. The van der Waals surface area contributed by atoms with Gasteiger partial charge in [-0.05, 0) is 29.3 Å². The average Bonchev–Trinajstić information content (AvgIpc) is 3.22. The van der Waals surface area contributed by atoms with Crippen molar-refractivity contribution in [1.82, 2.24) is 19.1 Å². The predicted octanol–water partition coefficient (Wildman–Crippen LogP) is 4.81. The largest absolute Gasteiger partial charge is 0.417 e. The van der Waals surface area contributed by atoms with Gasteiger partial charge in [-0.25, -0.2) is 9.97 Å². The van der Waals surface area contributed by atoms with E-state index in [1.807, 2.05) is 17.8 Å². The van der Waals surface area contributed by atoms with Gasteiger partial charge in [0.2, 0.25) is 0 Å². The normalized spacial score (nSPS) is 11.7. The Bertz CT molecular complexity index is 1690. The minimum Gasteiger partial charge on any atom is -0.383 e. The maximum absolute atomic E-state index is 13.6. The predicted molar refractivity (Wildman–Crippen MR) is 133 cm³/mol. The second-order valence-corrected chi connectivity index (χ2v) is 8.56. The van der Waals surface area contributed by atoms with E-state index in [0.29, 0.717) is 34.7 Å². The molecule has 0 atom stereocenters. The van der Waals surface area contributed by atoms with Crippen LogP contribution >= 0.6 is 0 Å². The summed E-state index contributed by atoms with van der Waals surface area (Å²) < 4.78 is 43.4. The van der Waals surface area contributed by atoms with E-state index in [1.54, 1.807) is 42.5 Å². The van der Waals surface area contributed by atoms with Gasteiger partial charge in [0.25, 0.3) is 5.56 Å². The summed E-state index contributed by atoms with van der Waals surface area (Å²) in [7, 11) is 1.84. The molecule has 37 heavy (non-hydrogen) atoms. The Labute approximate surface area is 208 Å². The molecule has 7 nitrogen and oxygen atoms in total. The number of para-hydroxylation sites is 1. The summed E-state index contributed by atoms with van der Waals surface area (Å²) in [5.74, 6) is -0.379. The van der Waals surface area contributed by atoms with Gasteiger partial charge >= 0.3 is 6.18 Å². The highest BCUT2D eigenvalue weighted by Gasteiger charge is 2.33. The number of ketones is 1. The van der Waals surface area contributed by atoms with Crippen molar-refractivity contribution >= 4 is 22.6 Å². The molecule has 0 saturated heterocycles. The van der Waals surface area contributed by atoms with E-state index in [2.05, 4.69) is 9.97 Å². The minimum absolute atomic E-state index is 0.232. The maximum Gasteiger partial charge on any atom is 0.417 e. The third kappa shape index (κ3) is 4.49. The third-order valence-corrected chi connectivity index (χ3v) is 6.09. The Morgan fingerprint density at radius 2 is 1.70 bits per heavy atom. The van der Waals surface area contributed by atoms with Crippen LogP contribution in [0.3, 0.4) is 0 Å². The summed E-state index contributed by atoms with van der Waals surface area (Å²) in [5.41, 5.74) is 6.69. The molecule has 0 aliphatic carbocycles. The number of nitrogens with zero attached hydrogens (tertiary/aromatic N) is 4. The minimum atomic E-state index is -4.73. The first kappa shape index (κ1) is 24.0. The van der Waals surface area contributed by atoms with Crippen molar-refractivity contribution in [2.45, 2.75) is 12.6 Å². The molecule has 0 aliphatic heterocycles. The molecule has 0 amide bonds. The number of rotatable bonds is 5. The van der Waals surface area contributed by atoms with Crippen molar-refractivity contribution in [3.63, 3.8) is 0 Å². The van der Waals surface area contributed by atoms with Crippen molar-refractivity contribution in [1.29, 1.82) is 0 Å². The molecule has 0 spiro atoms. The molecule has 0 radical (unpaired) electrons. The molecular weight excluding hydrogens is 483 g/mol. The van der Waals surface area contributed by atoms with Gasteiger partial charge in [-0.3, -0.25) is 14.2 Å². The summed E-state index contributed by atoms with van der Waals surface area (Å²) in [4.78, 5) is 34.4. The molecule has 0 saturated carbocycles. The first-order chi connectivity index (χ1) is 17.6. The molecule has 2 aromatic carbocycles. The number of nitrogen functional groups attached to an aromatic ring is 1. The summed E-state index contributed by atoms with van der Waals surface area (Å²) in [6.07, 6.45) is -1.01. The molecule has 2 N–H and O–H groups in total. The van der Waals surface area contributed by atoms with Gasteiger partial charge in [0, 0.05) is 37.1 Å². The molecule has 0 bridgehead atoms. The van der Waals surface area contributed by atoms with E-state index >= 15 is 0 Å². The van der Waals surface area contributed by atoms with Gasteiger partial charge in [-0.2, -0.15) is 13.2 Å². The molecule has 5 aromatic rings. The van der Waals surface area contributed by atoms with Gasteiger partial charge in [0.1, 0.15) is 17.8 Å². The molecule has 0 aliphatic rings. The van der Waals surface area contributed by atoms with Crippen LogP contribution in [0.5, 0.6) is 0 Å². The molecule has 0 unspecified atom stereocenters. The van der Waals surface area contributed by atoms with Crippen LogP contribution in [-0.4, -0.2) is 24.9 Å². The molecule has 186 valence electrons. The third-order valence-electron chi connectivity index (χ3n) is 6.09. The fourth-order valence-electron chi connectivity index (χ4n) is 4.25.